The maximum atomic E-state index is 13.0. The van der Waals surface area contributed by atoms with Gasteiger partial charge in [0.2, 0.25) is 11.2 Å². The van der Waals surface area contributed by atoms with Crippen LogP contribution in [0.5, 0.6) is 5.75 Å². The van der Waals surface area contributed by atoms with Crippen LogP contribution in [0, 0.1) is 5.82 Å². The molecule has 6 nitrogen and oxygen atoms in total. The Morgan fingerprint density at radius 3 is 2.47 bits per heavy atom. The fraction of sp³-hybridized carbons (Fsp3) is 0.280. The smallest absolute Gasteiger partial charge is 0.287 e. The van der Waals surface area contributed by atoms with Gasteiger partial charge in [-0.1, -0.05) is 42.5 Å². The molecule has 0 radical (unpaired) electrons. The van der Waals surface area contributed by atoms with Crippen LogP contribution < -0.4 is 15.5 Å². The van der Waals surface area contributed by atoms with E-state index < -0.39 is 11.3 Å². The van der Waals surface area contributed by atoms with Crippen LogP contribution in [-0.2, 0) is 13.2 Å². The van der Waals surface area contributed by atoms with Crippen molar-refractivity contribution in [2.75, 3.05) is 13.1 Å². The molecule has 1 aliphatic heterocycles. The monoisotopic (exact) mass is 436 g/mol. The number of carbonyl (C=O) groups excluding carboxylic acids is 1. The molecule has 2 aromatic carbocycles. The lowest BCUT2D eigenvalue weighted by Crippen LogP contribution is -2.44. The third-order valence-electron chi connectivity index (χ3n) is 5.50. The largest absolute Gasteiger partial charge is 0.482 e. The van der Waals surface area contributed by atoms with E-state index in [4.69, 9.17) is 9.15 Å². The molecule has 4 rings (SSSR count). The molecule has 2 heterocycles. The molecular formula is C25H25FN2O4. The van der Waals surface area contributed by atoms with E-state index in [1.165, 1.54) is 17.7 Å². The Labute approximate surface area is 185 Å². The SMILES string of the molecule is O=C(NC1CCN(Cc2ccccc2)CC1)c1cc(=O)c(OCc2ccc(F)cc2)co1. The number of amides is 1. The summed E-state index contributed by atoms with van der Waals surface area (Å²) >= 11 is 0. The van der Waals surface area contributed by atoms with E-state index in [2.05, 4.69) is 22.3 Å². The van der Waals surface area contributed by atoms with Gasteiger partial charge in [0.15, 0.2) is 5.76 Å². The van der Waals surface area contributed by atoms with Gasteiger partial charge < -0.3 is 14.5 Å². The number of likely N-dealkylation sites (tertiary alicyclic amines) is 1. The molecule has 166 valence electrons. The van der Waals surface area contributed by atoms with Gasteiger partial charge in [-0.25, -0.2) is 4.39 Å². The third kappa shape index (κ3) is 5.82. The molecule has 0 aliphatic carbocycles. The van der Waals surface area contributed by atoms with Gasteiger partial charge in [-0.2, -0.15) is 0 Å². The molecule has 1 fully saturated rings. The highest BCUT2D eigenvalue weighted by Gasteiger charge is 2.22. The second-order valence-corrected chi connectivity index (χ2v) is 7.90. The van der Waals surface area contributed by atoms with Crippen molar-refractivity contribution in [2.45, 2.75) is 32.0 Å². The van der Waals surface area contributed by atoms with Crippen molar-refractivity contribution in [3.63, 3.8) is 0 Å². The van der Waals surface area contributed by atoms with Crippen LogP contribution in [0.1, 0.15) is 34.5 Å². The lowest BCUT2D eigenvalue weighted by molar-refractivity contribution is 0.0877. The lowest BCUT2D eigenvalue weighted by Gasteiger charge is -2.32. The van der Waals surface area contributed by atoms with Crippen LogP contribution in [0.3, 0.4) is 0 Å². The maximum absolute atomic E-state index is 13.0. The van der Waals surface area contributed by atoms with E-state index in [-0.39, 0.29) is 30.0 Å². The second-order valence-electron chi connectivity index (χ2n) is 7.90. The van der Waals surface area contributed by atoms with Crippen molar-refractivity contribution in [3.8, 4) is 5.75 Å². The average molecular weight is 436 g/mol. The predicted molar refractivity (Wildman–Crippen MR) is 118 cm³/mol. The Morgan fingerprint density at radius 2 is 1.78 bits per heavy atom. The number of carbonyl (C=O) groups is 1. The van der Waals surface area contributed by atoms with Crippen molar-refractivity contribution in [1.29, 1.82) is 0 Å². The quantitative estimate of drug-likeness (QED) is 0.611. The van der Waals surface area contributed by atoms with Gasteiger partial charge in [0.05, 0.1) is 0 Å². The molecule has 0 unspecified atom stereocenters. The number of piperidine rings is 1. The van der Waals surface area contributed by atoms with Gasteiger partial charge in [0.25, 0.3) is 5.91 Å². The highest BCUT2D eigenvalue weighted by molar-refractivity contribution is 5.91. The van der Waals surface area contributed by atoms with Crippen LogP contribution in [-0.4, -0.2) is 29.9 Å². The third-order valence-corrected chi connectivity index (χ3v) is 5.50. The fourth-order valence-corrected chi connectivity index (χ4v) is 3.70. The van der Waals surface area contributed by atoms with E-state index in [1.807, 2.05) is 18.2 Å². The van der Waals surface area contributed by atoms with E-state index in [9.17, 15) is 14.0 Å². The first-order valence-electron chi connectivity index (χ1n) is 10.6. The maximum Gasteiger partial charge on any atom is 0.287 e. The van der Waals surface area contributed by atoms with Crippen LogP contribution >= 0.6 is 0 Å². The topological polar surface area (TPSA) is 71.8 Å². The number of benzene rings is 2. The van der Waals surface area contributed by atoms with E-state index in [0.717, 1.165) is 44.8 Å². The van der Waals surface area contributed by atoms with Gasteiger partial charge in [0.1, 0.15) is 18.7 Å². The van der Waals surface area contributed by atoms with Gasteiger partial charge >= 0.3 is 0 Å². The van der Waals surface area contributed by atoms with Crippen LogP contribution in [0.2, 0.25) is 0 Å². The van der Waals surface area contributed by atoms with Gasteiger partial charge in [0, 0.05) is 31.7 Å². The molecule has 32 heavy (non-hydrogen) atoms. The summed E-state index contributed by atoms with van der Waals surface area (Å²) in [5.74, 6) is -0.796. The highest BCUT2D eigenvalue weighted by atomic mass is 19.1. The van der Waals surface area contributed by atoms with Gasteiger partial charge in [-0.3, -0.25) is 14.5 Å². The van der Waals surface area contributed by atoms with Crippen LogP contribution in [0.25, 0.3) is 0 Å². The van der Waals surface area contributed by atoms with Crippen molar-refractivity contribution in [3.05, 3.63) is 99.9 Å². The molecule has 1 N–H and O–H groups in total. The number of nitrogens with zero attached hydrogens (tertiary/aromatic N) is 1. The summed E-state index contributed by atoms with van der Waals surface area (Å²) in [4.78, 5) is 27.2. The van der Waals surface area contributed by atoms with Crippen molar-refractivity contribution in [2.24, 2.45) is 0 Å². The Morgan fingerprint density at radius 1 is 1.06 bits per heavy atom. The van der Waals surface area contributed by atoms with Crippen molar-refractivity contribution < 1.29 is 18.3 Å². The second kappa shape index (κ2) is 10.2. The summed E-state index contributed by atoms with van der Waals surface area (Å²) in [7, 11) is 0. The Bertz CT molecular complexity index is 1090. The Balaban J connectivity index is 1.27. The number of ether oxygens (including phenoxy) is 1. The van der Waals surface area contributed by atoms with E-state index >= 15 is 0 Å². The minimum absolute atomic E-state index is 0.0000881. The normalized spacial score (nSPS) is 14.8. The first-order chi connectivity index (χ1) is 15.6. The number of hydrogen-bond donors (Lipinski definition) is 1. The number of halogens is 1. The molecule has 0 atom stereocenters. The zero-order valence-electron chi connectivity index (χ0n) is 17.6. The molecule has 3 aromatic rings. The number of hydrogen-bond acceptors (Lipinski definition) is 5. The first-order valence-corrected chi connectivity index (χ1v) is 10.6. The predicted octanol–water partition coefficient (Wildman–Crippen LogP) is 3.75. The summed E-state index contributed by atoms with van der Waals surface area (Å²) in [6.07, 6.45) is 2.81. The molecule has 0 saturated carbocycles. The Hall–Kier alpha value is -3.45. The fourth-order valence-electron chi connectivity index (χ4n) is 3.70. The van der Waals surface area contributed by atoms with Crippen molar-refractivity contribution >= 4 is 5.91 Å². The number of nitrogens with one attached hydrogen (secondary N) is 1. The van der Waals surface area contributed by atoms with E-state index in [0.29, 0.717) is 5.56 Å². The summed E-state index contributed by atoms with van der Waals surface area (Å²) in [6.45, 7) is 2.77. The summed E-state index contributed by atoms with van der Waals surface area (Å²) in [5.41, 5.74) is 1.55. The molecule has 0 bridgehead atoms. The Kier molecular flexibility index (Phi) is 6.97. The first kappa shape index (κ1) is 21.8. The molecule has 1 aliphatic rings. The molecule has 0 spiro atoms. The molecular weight excluding hydrogens is 411 g/mol. The highest BCUT2D eigenvalue weighted by Crippen LogP contribution is 2.15. The van der Waals surface area contributed by atoms with Crippen LogP contribution in [0.15, 0.2) is 76.1 Å². The molecule has 7 heteroatoms. The minimum Gasteiger partial charge on any atom is -0.482 e. The summed E-state index contributed by atoms with van der Waals surface area (Å²) in [6, 6.07) is 17.3. The summed E-state index contributed by atoms with van der Waals surface area (Å²) < 4.78 is 23.7. The summed E-state index contributed by atoms with van der Waals surface area (Å²) in [5, 5.41) is 2.95. The minimum atomic E-state index is -0.443. The van der Waals surface area contributed by atoms with Gasteiger partial charge in [-0.15, -0.1) is 0 Å². The molecule has 1 amide bonds. The molecule has 1 aromatic heterocycles. The zero-order valence-corrected chi connectivity index (χ0v) is 17.6. The van der Waals surface area contributed by atoms with Crippen molar-refractivity contribution in [1.82, 2.24) is 10.2 Å². The van der Waals surface area contributed by atoms with Crippen LogP contribution in [0.4, 0.5) is 4.39 Å². The van der Waals surface area contributed by atoms with Gasteiger partial charge in [-0.05, 0) is 36.1 Å². The number of rotatable bonds is 7. The molecule has 1 saturated heterocycles. The lowest BCUT2D eigenvalue weighted by atomic mass is 10.0. The van der Waals surface area contributed by atoms with E-state index in [1.54, 1.807) is 12.1 Å². The average Bonchev–Trinajstić information content (AvgIpc) is 2.81. The standard InChI is InChI=1S/C25H25FN2O4/c26-20-8-6-19(7-9-20)16-31-24-17-32-23(14-22(24)29)25(30)27-21-10-12-28(13-11-21)15-18-4-2-1-3-5-18/h1-9,14,17,21H,10-13,15-16H2,(H,27,30). The zero-order chi connectivity index (χ0) is 22.3.